The van der Waals surface area contributed by atoms with E-state index in [2.05, 4.69) is 5.32 Å². The third kappa shape index (κ3) is 6.78. The third-order valence-electron chi connectivity index (χ3n) is 5.10. The van der Waals surface area contributed by atoms with Gasteiger partial charge in [-0.3, -0.25) is 14.8 Å². The van der Waals surface area contributed by atoms with Crippen LogP contribution in [0, 0.1) is 5.82 Å². The van der Waals surface area contributed by atoms with Gasteiger partial charge in [-0.25, -0.2) is 9.87 Å². The van der Waals surface area contributed by atoms with E-state index in [1.807, 2.05) is 0 Å². The van der Waals surface area contributed by atoms with Gasteiger partial charge in [0.1, 0.15) is 5.82 Å². The predicted molar refractivity (Wildman–Crippen MR) is 131 cm³/mol. The number of hydrogen-bond donors (Lipinski definition) is 3. The van der Waals surface area contributed by atoms with Gasteiger partial charge in [0.15, 0.2) is 11.5 Å². The number of nitrogens with one attached hydrogen (secondary N) is 2. The van der Waals surface area contributed by atoms with Crippen molar-refractivity contribution in [1.82, 2.24) is 10.8 Å². The summed E-state index contributed by atoms with van der Waals surface area (Å²) in [6.07, 6.45) is 4.32. The Kier molecular flexibility index (Phi) is 8.75. The molecule has 0 atom stereocenters. The molecule has 0 fully saturated rings. The lowest BCUT2D eigenvalue weighted by molar-refractivity contribution is -0.124. The first-order chi connectivity index (χ1) is 16.9. The van der Waals surface area contributed by atoms with Gasteiger partial charge in [-0.1, -0.05) is 48.5 Å². The van der Waals surface area contributed by atoms with Gasteiger partial charge in [0.2, 0.25) is 0 Å². The lowest BCUT2D eigenvalue weighted by atomic mass is 10.0. The lowest BCUT2D eigenvalue weighted by Gasteiger charge is -2.12. The van der Waals surface area contributed by atoms with E-state index in [0.717, 1.165) is 11.1 Å². The Labute approximate surface area is 202 Å². The molecule has 0 spiro atoms. The molecule has 8 heteroatoms. The number of hydroxylamine groups is 1. The number of hydrogen-bond acceptors (Lipinski definition) is 5. The van der Waals surface area contributed by atoms with Crippen molar-refractivity contribution >= 4 is 29.5 Å². The fraction of sp³-hybridized carbons (Fsp3) is 0.111. The van der Waals surface area contributed by atoms with E-state index in [-0.39, 0.29) is 17.7 Å². The first kappa shape index (κ1) is 25.2. The third-order valence-corrected chi connectivity index (χ3v) is 5.10. The Hall–Kier alpha value is -4.43. The molecule has 0 saturated carbocycles. The van der Waals surface area contributed by atoms with Gasteiger partial charge in [-0.2, -0.15) is 0 Å². The Morgan fingerprint density at radius 1 is 0.943 bits per heavy atom. The highest BCUT2D eigenvalue weighted by Gasteiger charge is 2.16. The van der Waals surface area contributed by atoms with Crippen molar-refractivity contribution in [3.63, 3.8) is 0 Å². The molecule has 0 aliphatic rings. The summed E-state index contributed by atoms with van der Waals surface area (Å²) in [4.78, 5) is 24.2. The SMILES string of the molecule is COc1ccc(/C=C(\C(=O)NCc2ccc(/C=C/C(=O)NO)cc2)c2ccccc2F)cc1OC. The molecule has 180 valence electrons. The van der Waals surface area contributed by atoms with Crippen molar-refractivity contribution in [1.29, 1.82) is 0 Å². The van der Waals surface area contributed by atoms with Gasteiger partial charge < -0.3 is 14.8 Å². The van der Waals surface area contributed by atoms with Gasteiger partial charge in [0.05, 0.1) is 19.8 Å². The van der Waals surface area contributed by atoms with Gasteiger partial charge in [-0.05, 0) is 47.0 Å². The van der Waals surface area contributed by atoms with Crippen LogP contribution in [0.3, 0.4) is 0 Å². The van der Waals surface area contributed by atoms with Gasteiger partial charge in [0, 0.05) is 18.2 Å². The fourth-order valence-electron chi connectivity index (χ4n) is 3.29. The van der Waals surface area contributed by atoms with E-state index in [9.17, 15) is 14.0 Å². The average Bonchev–Trinajstić information content (AvgIpc) is 2.89. The van der Waals surface area contributed by atoms with Crippen LogP contribution in [0.15, 0.2) is 72.8 Å². The summed E-state index contributed by atoms with van der Waals surface area (Å²) < 4.78 is 25.2. The van der Waals surface area contributed by atoms with E-state index in [1.165, 1.54) is 37.9 Å². The van der Waals surface area contributed by atoms with E-state index in [1.54, 1.807) is 66.7 Å². The summed E-state index contributed by atoms with van der Waals surface area (Å²) >= 11 is 0. The van der Waals surface area contributed by atoms with Crippen LogP contribution in [0.5, 0.6) is 11.5 Å². The van der Waals surface area contributed by atoms with Crippen molar-refractivity contribution in [3.8, 4) is 11.5 Å². The van der Waals surface area contributed by atoms with E-state index >= 15 is 0 Å². The van der Waals surface area contributed by atoms with E-state index < -0.39 is 17.6 Å². The molecule has 3 rings (SSSR count). The number of methoxy groups -OCH3 is 2. The molecule has 0 radical (unpaired) electrons. The maximum Gasteiger partial charge on any atom is 0.267 e. The number of carbonyl (C=O) groups is 2. The molecular weight excluding hydrogens is 451 g/mol. The molecule has 0 aromatic heterocycles. The second-order valence-electron chi connectivity index (χ2n) is 7.39. The predicted octanol–water partition coefficient (Wildman–Crippen LogP) is 4.22. The highest BCUT2D eigenvalue weighted by molar-refractivity contribution is 6.24. The zero-order valence-corrected chi connectivity index (χ0v) is 19.2. The zero-order valence-electron chi connectivity index (χ0n) is 19.2. The van der Waals surface area contributed by atoms with Crippen molar-refractivity contribution in [2.45, 2.75) is 6.54 Å². The van der Waals surface area contributed by atoms with E-state index in [4.69, 9.17) is 14.7 Å². The summed E-state index contributed by atoms with van der Waals surface area (Å²) in [5.74, 6) is -0.578. The van der Waals surface area contributed by atoms with Crippen LogP contribution < -0.4 is 20.3 Å². The first-order valence-electron chi connectivity index (χ1n) is 10.6. The molecule has 0 aliphatic carbocycles. The summed E-state index contributed by atoms with van der Waals surface area (Å²) in [7, 11) is 3.04. The van der Waals surface area contributed by atoms with Gasteiger partial charge >= 0.3 is 0 Å². The summed E-state index contributed by atoms with van der Waals surface area (Å²) in [5.41, 5.74) is 4.03. The molecule has 0 heterocycles. The topological polar surface area (TPSA) is 96.9 Å². The fourth-order valence-corrected chi connectivity index (χ4v) is 3.29. The van der Waals surface area contributed by atoms with Gasteiger partial charge in [-0.15, -0.1) is 0 Å². The minimum atomic E-state index is -0.636. The molecule has 3 N–H and O–H groups in total. The highest BCUT2D eigenvalue weighted by atomic mass is 19.1. The summed E-state index contributed by atoms with van der Waals surface area (Å²) in [6, 6.07) is 18.3. The standard InChI is InChI=1S/C27H25FN2O5/c1-34-24-13-11-20(16-25(24)35-2)15-22(21-5-3-4-6-23(21)28)27(32)29-17-19-9-7-18(8-10-19)12-14-26(31)30-33/h3-16,33H,17H2,1-2H3,(H,29,32)(H,30,31)/b14-12+,22-15-. The zero-order chi connectivity index (χ0) is 25.2. The molecule has 0 saturated heterocycles. The molecular formula is C27H25FN2O5. The molecule has 0 unspecified atom stereocenters. The molecule has 0 aliphatic heterocycles. The van der Waals surface area contributed by atoms with Crippen LogP contribution in [0.2, 0.25) is 0 Å². The minimum Gasteiger partial charge on any atom is -0.493 e. The Balaban J connectivity index is 1.83. The highest BCUT2D eigenvalue weighted by Crippen LogP contribution is 2.30. The molecule has 3 aromatic rings. The van der Waals surface area contributed by atoms with Crippen molar-refractivity contribution in [3.05, 3.63) is 101 Å². The van der Waals surface area contributed by atoms with Gasteiger partial charge in [0.25, 0.3) is 11.8 Å². The molecule has 3 aromatic carbocycles. The number of halogens is 1. The monoisotopic (exact) mass is 476 g/mol. The summed E-state index contributed by atoms with van der Waals surface area (Å²) in [6.45, 7) is 0.206. The lowest BCUT2D eigenvalue weighted by Crippen LogP contribution is -2.24. The first-order valence-corrected chi connectivity index (χ1v) is 10.6. The number of rotatable bonds is 9. The van der Waals surface area contributed by atoms with Crippen LogP contribution in [0.4, 0.5) is 4.39 Å². The Bertz CT molecular complexity index is 1250. The second kappa shape index (κ2) is 12.2. The Morgan fingerprint density at radius 3 is 2.29 bits per heavy atom. The van der Waals surface area contributed by atoms with Crippen LogP contribution in [-0.4, -0.2) is 31.2 Å². The van der Waals surface area contributed by atoms with Crippen molar-refractivity contribution in [2.75, 3.05) is 14.2 Å². The van der Waals surface area contributed by atoms with Crippen molar-refractivity contribution in [2.24, 2.45) is 0 Å². The second-order valence-corrected chi connectivity index (χ2v) is 7.39. The van der Waals surface area contributed by atoms with Crippen LogP contribution in [0.1, 0.15) is 22.3 Å². The maximum absolute atomic E-state index is 14.6. The molecule has 2 amide bonds. The van der Waals surface area contributed by atoms with Crippen LogP contribution in [0.25, 0.3) is 17.7 Å². The van der Waals surface area contributed by atoms with Crippen LogP contribution in [-0.2, 0) is 16.1 Å². The number of ether oxygens (including phenoxy) is 2. The molecule has 0 bridgehead atoms. The maximum atomic E-state index is 14.6. The normalized spacial score (nSPS) is 11.3. The number of benzene rings is 3. The quantitative estimate of drug-likeness (QED) is 0.186. The minimum absolute atomic E-state index is 0.157. The van der Waals surface area contributed by atoms with Crippen molar-refractivity contribution < 1.29 is 28.7 Å². The smallest absolute Gasteiger partial charge is 0.267 e. The van der Waals surface area contributed by atoms with E-state index in [0.29, 0.717) is 17.1 Å². The molecule has 7 nitrogen and oxygen atoms in total. The largest absolute Gasteiger partial charge is 0.493 e. The number of amides is 2. The summed E-state index contributed by atoms with van der Waals surface area (Å²) in [5, 5.41) is 11.4. The average molecular weight is 477 g/mol. The Morgan fingerprint density at radius 2 is 1.63 bits per heavy atom. The molecule has 35 heavy (non-hydrogen) atoms. The number of carbonyl (C=O) groups excluding carboxylic acids is 2. The van der Waals surface area contributed by atoms with Crippen LogP contribution >= 0.6 is 0 Å².